The summed E-state index contributed by atoms with van der Waals surface area (Å²) in [5.41, 5.74) is 2.36. The Bertz CT molecular complexity index is 758. The average molecular weight is 332 g/mol. The van der Waals surface area contributed by atoms with Crippen LogP contribution in [0.4, 0.5) is 15.3 Å². The van der Waals surface area contributed by atoms with Gasteiger partial charge in [-0.15, -0.1) is 0 Å². The Morgan fingerprint density at radius 2 is 1.75 bits per heavy atom. The topological polar surface area (TPSA) is 116 Å². The Kier molecular flexibility index (Phi) is 4.63. The molecule has 1 aliphatic rings. The van der Waals surface area contributed by atoms with Gasteiger partial charge in [-0.2, -0.15) is 0 Å². The van der Waals surface area contributed by atoms with Crippen LogP contribution in [0, 0.1) is 13.8 Å². The minimum atomic E-state index is -1.10. The highest BCUT2D eigenvalue weighted by molar-refractivity contribution is 6.44. The second-order valence-corrected chi connectivity index (χ2v) is 5.36. The minimum Gasteiger partial charge on any atom is -0.307 e. The van der Waals surface area contributed by atoms with Crippen molar-refractivity contribution in [2.24, 2.45) is 0 Å². The second-order valence-electron chi connectivity index (χ2n) is 5.36. The molecule has 7 amide bonds. The van der Waals surface area contributed by atoms with Crippen LogP contribution in [-0.2, 0) is 14.4 Å². The van der Waals surface area contributed by atoms with Crippen molar-refractivity contribution in [3.05, 3.63) is 29.3 Å². The summed E-state index contributed by atoms with van der Waals surface area (Å²) < 4.78 is 0. The fraction of sp³-hybridized carbons (Fsp3) is 0.267. The van der Waals surface area contributed by atoms with Crippen LogP contribution in [0.2, 0.25) is 0 Å². The number of aryl methyl sites for hydroxylation is 2. The first-order valence-electron chi connectivity index (χ1n) is 7.02. The van der Waals surface area contributed by atoms with Crippen molar-refractivity contribution in [3.8, 4) is 0 Å². The number of carbonyl (C=O) groups is 5. The summed E-state index contributed by atoms with van der Waals surface area (Å²) in [5, 5.41) is 4.50. The maximum Gasteiger partial charge on any atom is 0.334 e. The van der Waals surface area contributed by atoms with Gasteiger partial charge in [-0.3, -0.25) is 24.6 Å². The van der Waals surface area contributed by atoms with Crippen LogP contribution in [0.15, 0.2) is 18.2 Å². The summed E-state index contributed by atoms with van der Waals surface area (Å²) in [6.45, 7) is 2.99. The van der Waals surface area contributed by atoms with Crippen molar-refractivity contribution in [2.45, 2.75) is 13.8 Å². The zero-order chi connectivity index (χ0) is 18.0. The summed E-state index contributed by atoms with van der Waals surface area (Å²) in [6.07, 6.45) is 0. The number of hydrogen-bond acceptors (Lipinski definition) is 5. The smallest absolute Gasteiger partial charge is 0.307 e. The number of urea groups is 2. The van der Waals surface area contributed by atoms with E-state index >= 15 is 0 Å². The van der Waals surface area contributed by atoms with Gasteiger partial charge in [0.05, 0.1) is 0 Å². The standard InChI is InChI=1S/C15H16N4O5/c1-8-4-5-10(9(2)6-8)16-14(23)17-11(20)7-19-13(22)12(21)18(3)15(19)24/h4-6H,7H2,1-3H3,(H2,16,17,20,23). The van der Waals surface area contributed by atoms with E-state index in [4.69, 9.17) is 0 Å². The van der Waals surface area contributed by atoms with E-state index in [1.165, 1.54) is 0 Å². The zero-order valence-corrected chi connectivity index (χ0v) is 13.4. The number of hydrogen-bond donors (Lipinski definition) is 2. The van der Waals surface area contributed by atoms with Crippen molar-refractivity contribution in [1.29, 1.82) is 0 Å². The minimum absolute atomic E-state index is 0.474. The maximum atomic E-state index is 11.8. The van der Waals surface area contributed by atoms with Gasteiger partial charge in [-0.25, -0.2) is 14.5 Å². The molecule has 0 aliphatic carbocycles. The van der Waals surface area contributed by atoms with Crippen LogP contribution in [-0.4, -0.2) is 53.2 Å². The molecule has 9 nitrogen and oxygen atoms in total. The van der Waals surface area contributed by atoms with Gasteiger partial charge >= 0.3 is 23.9 Å². The van der Waals surface area contributed by atoms with Crippen LogP contribution in [0.25, 0.3) is 0 Å². The lowest BCUT2D eigenvalue weighted by molar-refractivity contribution is -0.143. The molecule has 1 fully saturated rings. The first kappa shape index (κ1) is 17.1. The molecule has 0 bridgehead atoms. The van der Waals surface area contributed by atoms with Crippen LogP contribution in [0.3, 0.4) is 0 Å². The molecule has 9 heteroatoms. The predicted molar refractivity (Wildman–Crippen MR) is 83.0 cm³/mol. The quantitative estimate of drug-likeness (QED) is 0.613. The van der Waals surface area contributed by atoms with E-state index in [-0.39, 0.29) is 0 Å². The number of benzene rings is 1. The van der Waals surface area contributed by atoms with Gasteiger partial charge in [0.1, 0.15) is 6.54 Å². The number of imide groups is 3. The van der Waals surface area contributed by atoms with Crippen LogP contribution >= 0.6 is 0 Å². The van der Waals surface area contributed by atoms with Gasteiger partial charge in [-0.05, 0) is 25.5 Å². The van der Waals surface area contributed by atoms with E-state index in [0.717, 1.165) is 18.2 Å². The fourth-order valence-corrected chi connectivity index (χ4v) is 2.17. The second kappa shape index (κ2) is 6.49. The molecular weight excluding hydrogens is 316 g/mol. The van der Waals surface area contributed by atoms with E-state index in [9.17, 15) is 24.0 Å². The molecule has 1 saturated heterocycles. The summed E-state index contributed by atoms with van der Waals surface area (Å²) in [7, 11) is 1.13. The number of carbonyl (C=O) groups excluding carboxylic acids is 5. The fourth-order valence-electron chi connectivity index (χ4n) is 2.17. The lowest BCUT2D eigenvalue weighted by Crippen LogP contribution is -2.44. The van der Waals surface area contributed by atoms with E-state index in [1.54, 1.807) is 19.1 Å². The number of amides is 7. The molecule has 0 aromatic heterocycles. The maximum absolute atomic E-state index is 11.8. The molecule has 1 aromatic carbocycles. The van der Waals surface area contributed by atoms with Crippen LogP contribution < -0.4 is 10.6 Å². The Balaban J connectivity index is 1.95. The highest BCUT2D eigenvalue weighted by Crippen LogP contribution is 2.15. The average Bonchev–Trinajstić information content (AvgIpc) is 2.68. The molecule has 1 heterocycles. The molecule has 2 rings (SSSR count). The molecule has 0 spiro atoms. The van der Waals surface area contributed by atoms with E-state index in [1.807, 2.05) is 18.3 Å². The van der Waals surface area contributed by atoms with Crippen molar-refractivity contribution >= 4 is 35.5 Å². The van der Waals surface area contributed by atoms with E-state index in [2.05, 4.69) is 5.32 Å². The highest BCUT2D eigenvalue weighted by atomic mass is 16.2. The molecule has 24 heavy (non-hydrogen) atoms. The largest absolute Gasteiger partial charge is 0.334 e. The number of rotatable bonds is 3. The van der Waals surface area contributed by atoms with Crippen molar-refractivity contribution < 1.29 is 24.0 Å². The Morgan fingerprint density at radius 3 is 2.29 bits per heavy atom. The summed E-state index contributed by atoms with van der Waals surface area (Å²) in [4.78, 5) is 59.2. The number of likely N-dealkylation sites (N-methyl/N-ethyl adjacent to an activating group) is 1. The molecule has 0 atom stereocenters. The third kappa shape index (κ3) is 3.40. The summed E-state index contributed by atoms with van der Waals surface area (Å²) in [6, 6.07) is 3.64. The molecule has 1 aliphatic heterocycles. The summed E-state index contributed by atoms with van der Waals surface area (Å²) in [5.74, 6) is -3.01. The monoisotopic (exact) mass is 332 g/mol. The van der Waals surface area contributed by atoms with Gasteiger partial charge in [0.15, 0.2) is 0 Å². The molecule has 0 radical (unpaired) electrons. The highest BCUT2D eigenvalue weighted by Gasteiger charge is 2.43. The first-order chi connectivity index (χ1) is 11.2. The lowest BCUT2D eigenvalue weighted by atomic mass is 10.1. The van der Waals surface area contributed by atoms with Gasteiger partial charge in [0.2, 0.25) is 5.91 Å². The lowest BCUT2D eigenvalue weighted by Gasteiger charge is -2.13. The Hall–Kier alpha value is -3.23. The molecule has 0 unspecified atom stereocenters. The van der Waals surface area contributed by atoms with Crippen molar-refractivity contribution in [2.75, 3.05) is 18.9 Å². The van der Waals surface area contributed by atoms with Gasteiger partial charge < -0.3 is 5.32 Å². The van der Waals surface area contributed by atoms with Gasteiger partial charge in [-0.1, -0.05) is 17.7 Å². The SMILES string of the molecule is Cc1ccc(NC(=O)NC(=O)CN2C(=O)C(=O)N(C)C2=O)c(C)c1. The molecule has 2 N–H and O–H groups in total. The predicted octanol–water partition coefficient (Wildman–Crippen LogP) is 0.372. The molecule has 126 valence electrons. The number of nitrogens with zero attached hydrogens (tertiary/aromatic N) is 2. The van der Waals surface area contributed by atoms with Crippen LogP contribution in [0.5, 0.6) is 0 Å². The van der Waals surface area contributed by atoms with Crippen molar-refractivity contribution in [3.63, 3.8) is 0 Å². The van der Waals surface area contributed by atoms with Crippen LogP contribution in [0.1, 0.15) is 11.1 Å². The Labute approximate surface area is 137 Å². The van der Waals surface area contributed by atoms with Gasteiger partial charge in [0, 0.05) is 12.7 Å². The molecular formula is C15H16N4O5. The van der Waals surface area contributed by atoms with E-state index < -0.39 is 36.3 Å². The Morgan fingerprint density at radius 1 is 1.08 bits per heavy atom. The normalized spacial score (nSPS) is 14.2. The first-order valence-corrected chi connectivity index (χ1v) is 7.02. The number of anilines is 1. The van der Waals surface area contributed by atoms with E-state index in [0.29, 0.717) is 15.5 Å². The molecule has 0 saturated carbocycles. The summed E-state index contributed by atoms with van der Waals surface area (Å²) >= 11 is 0. The number of nitrogens with one attached hydrogen (secondary N) is 2. The molecule has 1 aromatic rings. The third-order valence-electron chi connectivity index (χ3n) is 3.44. The van der Waals surface area contributed by atoms with Gasteiger partial charge in [0.25, 0.3) is 0 Å². The van der Waals surface area contributed by atoms with Crippen molar-refractivity contribution in [1.82, 2.24) is 15.1 Å². The zero-order valence-electron chi connectivity index (χ0n) is 13.4. The third-order valence-corrected chi connectivity index (χ3v) is 3.44.